The Kier molecular flexibility index (Phi) is 5.29. The summed E-state index contributed by atoms with van der Waals surface area (Å²) in [5.41, 5.74) is 0.855. The van der Waals surface area contributed by atoms with Crippen molar-refractivity contribution in [2.24, 2.45) is 7.05 Å². The molecule has 0 unspecified atom stereocenters. The second-order valence-corrected chi connectivity index (χ2v) is 7.90. The molecular formula is C19H23N3O3S. The second kappa shape index (κ2) is 7.47. The third kappa shape index (κ3) is 3.45. The van der Waals surface area contributed by atoms with Gasteiger partial charge in [0, 0.05) is 42.7 Å². The van der Waals surface area contributed by atoms with Crippen LogP contribution in [-0.2, 0) is 23.6 Å². The molecule has 7 heteroatoms. The minimum Gasteiger partial charge on any atom is -0.493 e. The predicted octanol–water partition coefficient (Wildman–Crippen LogP) is 3.18. The molecule has 1 aromatic heterocycles. The molecule has 0 atom stereocenters. The number of nitrogens with zero attached hydrogens (tertiary/aromatic N) is 3. The van der Waals surface area contributed by atoms with Crippen LogP contribution in [0.2, 0.25) is 0 Å². The van der Waals surface area contributed by atoms with Gasteiger partial charge in [0.15, 0.2) is 0 Å². The summed E-state index contributed by atoms with van der Waals surface area (Å²) >= 11 is 0. The molecule has 0 radical (unpaired) electrons. The molecule has 0 saturated carbocycles. The van der Waals surface area contributed by atoms with E-state index >= 15 is 0 Å². The summed E-state index contributed by atoms with van der Waals surface area (Å²) in [7, 11) is -1.84. The van der Waals surface area contributed by atoms with E-state index in [-0.39, 0.29) is 6.54 Å². The monoisotopic (exact) mass is 373 g/mol. The van der Waals surface area contributed by atoms with E-state index in [9.17, 15) is 8.42 Å². The molecule has 3 rings (SSSR count). The predicted molar refractivity (Wildman–Crippen MR) is 102 cm³/mol. The highest BCUT2D eigenvalue weighted by Gasteiger charge is 2.26. The molecule has 2 aromatic carbocycles. The Morgan fingerprint density at radius 2 is 1.85 bits per heavy atom. The first-order valence-electron chi connectivity index (χ1n) is 8.59. The molecule has 26 heavy (non-hydrogen) atoms. The van der Waals surface area contributed by atoms with Crippen LogP contribution in [0.4, 0.5) is 0 Å². The third-order valence-electron chi connectivity index (χ3n) is 4.23. The number of benzene rings is 2. The number of sulfonamides is 1. The number of hydrogen-bond acceptors (Lipinski definition) is 4. The van der Waals surface area contributed by atoms with Gasteiger partial charge >= 0.3 is 0 Å². The van der Waals surface area contributed by atoms with Crippen molar-refractivity contribution in [2.45, 2.75) is 25.3 Å². The van der Waals surface area contributed by atoms with Crippen LogP contribution in [0.3, 0.4) is 0 Å². The van der Waals surface area contributed by atoms with Crippen molar-refractivity contribution in [2.75, 3.05) is 13.2 Å². The normalized spacial score (nSPS) is 12.0. The molecular weight excluding hydrogens is 350 g/mol. The zero-order chi connectivity index (χ0) is 18.7. The molecule has 1 heterocycles. The average Bonchev–Trinajstić information content (AvgIpc) is 3.05. The van der Waals surface area contributed by atoms with E-state index in [0.29, 0.717) is 29.2 Å². The summed E-state index contributed by atoms with van der Waals surface area (Å²) in [5, 5.41) is 5.59. The standard InChI is InChI=1S/C19H23N3O3S/c1-4-22(14-15-12-20-21(3)13-15)26(23,24)19-11-10-18(25-5-2)16-8-6-7-9-17(16)19/h6-13H,4-5,14H2,1-3H3. The minimum atomic E-state index is -3.66. The van der Waals surface area contributed by atoms with Gasteiger partial charge in [-0.05, 0) is 19.1 Å². The smallest absolute Gasteiger partial charge is 0.243 e. The van der Waals surface area contributed by atoms with Crippen molar-refractivity contribution < 1.29 is 13.2 Å². The number of aromatic nitrogens is 2. The van der Waals surface area contributed by atoms with Crippen LogP contribution in [0.5, 0.6) is 5.75 Å². The number of hydrogen-bond donors (Lipinski definition) is 0. The molecule has 0 N–H and O–H groups in total. The Labute approximate surface area is 154 Å². The van der Waals surface area contributed by atoms with Crippen LogP contribution in [0.25, 0.3) is 10.8 Å². The lowest BCUT2D eigenvalue weighted by molar-refractivity contribution is 0.344. The number of fused-ring (bicyclic) bond motifs is 1. The van der Waals surface area contributed by atoms with Gasteiger partial charge < -0.3 is 4.74 Å². The van der Waals surface area contributed by atoms with E-state index in [0.717, 1.165) is 10.9 Å². The van der Waals surface area contributed by atoms with E-state index in [2.05, 4.69) is 5.10 Å². The number of rotatable bonds is 7. The van der Waals surface area contributed by atoms with Gasteiger partial charge in [-0.3, -0.25) is 4.68 Å². The molecule has 0 spiro atoms. The Hall–Kier alpha value is -2.38. The lowest BCUT2D eigenvalue weighted by Crippen LogP contribution is -2.30. The fourth-order valence-electron chi connectivity index (χ4n) is 3.01. The van der Waals surface area contributed by atoms with Crippen LogP contribution >= 0.6 is 0 Å². The Morgan fingerprint density at radius 3 is 2.46 bits per heavy atom. The second-order valence-electron chi connectivity index (χ2n) is 5.99. The first-order valence-corrected chi connectivity index (χ1v) is 10.0. The maximum absolute atomic E-state index is 13.3. The molecule has 0 saturated heterocycles. The van der Waals surface area contributed by atoms with Gasteiger partial charge in [-0.15, -0.1) is 0 Å². The SMILES string of the molecule is CCOc1ccc(S(=O)(=O)N(CC)Cc2cnn(C)c2)c2ccccc12. The average molecular weight is 373 g/mol. The van der Waals surface area contributed by atoms with Crippen molar-refractivity contribution in [3.8, 4) is 5.75 Å². The topological polar surface area (TPSA) is 64.4 Å². The fourth-order valence-corrected chi connectivity index (χ4v) is 4.65. The van der Waals surface area contributed by atoms with Crippen LogP contribution in [0.1, 0.15) is 19.4 Å². The lowest BCUT2D eigenvalue weighted by Gasteiger charge is -2.21. The minimum absolute atomic E-state index is 0.286. The van der Waals surface area contributed by atoms with Crippen LogP contribution in [0.15, 0.2) is 53.7 Å². The Bertz CT molecular complexity index is 1010. The van der Waals surface area contributed by atoms with Crippen LogP contribution < -0.4 is 4.74 Å². The summed E-state index contributed by atoms with van der Waals surface area (Å²) in [6, 6.07) is 10.8. The van der Waals surface area contributed by atoms with E-state index < -0.39 is 10.0 Å². The maximum atomic E-state index is 13.3. The van der Waals surface area contributed by atoms with Crippen molar-refractivity contribution in [1.29, 1.82) is 0 Å². The largest absolute Gasteiger partial charge is 0.493 e. The van der Waals surface area contributed by atoms with Crippen molar-refractivity contribution in [1.82, 2.24) is 14.1 Å². The van der Waals surface area contributed by atoms with Gasteiger partial charge in [-0.2, -0.15) is 9.40 Å². The van der Waals surface area contributed by atoms with E-state index in [1.807, 2.05) is 51.4 Å². The summed E-state index contributed by atoms with van der Waals surface area (Å²) in [4.78, 5) is 0.294. The highest BCUT2D eigenvalue weighted by atomic mass is 32.2. The molecule has 0 aliphatic rings. The molecule has 0 aliphatic carbocycles. The zero-order valence-corrected chi connectivity index (χ0v) is 16.0. The highest BCUT2D eigenvalue weighted by Crippen LogP contribution is 2.32. The van der Waals surface area contributed by atoms with Crippen molar-refractivity contribution in [3.63, 3.8) is 0 Å². The number of ether oxygens (including phenoxy) is 1. The number of aryl methyl sites for hydroxylation is 1. The molecule has 0 bridgehead atoms. The summed E-state index contributed by atoms with van der Waals surface area (Å²) in [5.74, 6) is 0.692. The summed E-state index contributed by atoms with van der Waals surface area (Å²) in [6.45, 7) is 4.93. The van der Waals surface area contributed by atoms with Crippen LogP contribution in [0, 0.1) is 0 Å². The molecule has 3 aromatic rings. The van der Waals surface area contributed by atoms with Gasteiger partial charge in [-0.25, -0.2) is 8.42 Å². The molecule has 0 aliphatic heterocycles. The van der Waals surface area contributed by atoms with E-state index in [1.54, 1.807) is 23.0 Å². The quantitative estimate of drug-likeness (QED) is 0.638. The molecule has 138 valence electrons. The summed E-state index contributed by atoms with van der Waals surface area (Å²) < 4.78 is 35.4. The van der Waals surface area contributed by atoms with Gasteiger partial charge in [-0.1, -0.05) is 31.2 Å². The van der Waals surface area contributed by atoms with Gasteiger partial charge in [0.25, 0.3) is 0 Å². The first kappa shape index (κ1) is 18.4. The van der Waals surface area contributed by atoms with Crippen LogP contribution in [-0.4, -0.2) is 35.7 Å². The molecule has 0 amide bonds. The van der Waals surface area contributed by atoms with Gasteiger partial charge in [0.2, 0.25) is 10.0 Å². The Balaban J connectivity index is 2.07. The van der Waals surface area contributed by atoms with E-state index in [4.69, 9.17) is 4.74 Å². The third-order valence-corrected chi connectivity index (χ3v) is 6.21. The summed E-state index contributed by atoms with van der Waals surface area (Å²) in [6.07, 6.45) is 3.52. The van der Waals surface area contributed by atoms with Crippen molar-refractivity contribution >= 4 is 20.8 Å². The maximum Gasteiger partial charge on any atom is 0.243 e. The van der Waals surface area contributed by atoms with Gasteiger partial charge in [0.1, 0.15) is 5.75 Å². The van der Waals surface area contributed by atoms with Crippen molar-refractivity contribution in [3.05, 3.63) is 54.4 Å². The lowest BCUT2D eigenvalue weighted by atomic mass is 10.1. The first-order chi connectivity index (χ1) is 12.5. The fraction of sp³-hybridized carbons (Fsp3) is 0.316. The van der Waals surface area contributed by atoms with Gasteiger partial charge in [0.05, 0.1) is 17.7 Å². The highest BCUT2D eigenvalue weighted by molar-refractivity contribution is 7.89. The molecule has 6 nitrogen and oxygen atoms in total. The molecule has 0 fully saturated rings. The Morgan fingerprint density at radius 1 is 1.12 bits per heavy atom. The zero-order valence-electron chi connectivity index (χ0n) is 15.2. The van der Waals surface area contributed by atoms with E-state index in [1.165, 1.54) is 4.31 Å².